The van der Waals surface area contributed by atoms with Gasteiger partial charge in [-0.15, -0.1) is 0 Å². The van der Waals surface area contributed by atoms with Crippen LogP contribution in [0.4, 0.5) is 10.1 Å². The largest absolute Gasteiger partial charge is 0.508 e. The number of amides is 1. The lowest BCUT2D eigenvalue weighted by atomic mass is 10.1. The first-order valence-electron chi connectivity index (χ1n) is 5.64. The molecule has 3 nitrogen and oxygen atoms in total. The molecule has 0 atom stereocenters. The quantitative estimate of drug-likeness (QED) is 0.830. The number of aryl methyl sites for hydroxylation is 1. The molecule has 20 heavy (non-hydrogen) atoms. The van der Waals surface area contributed by atoms with E-state index in [4.69, 9.17) is 11.6 Å². The highest BCUT2D eigenvalue weighted by atomic mass is 79.9. The SMILES string of the molecule is Cc1ccc(C(=O)Nc2c(Cl)cc(F)cc2Br)cc1O. The Bertz CT molecular complexity index is 668. The van der Waals surface area contributed by atoms with Crippen molar-refractivity contribution >= 4 is 39.1 Å². The van der Waals surface area contributed by atoms with Gasteiger partial charge < -0.3 is 10.4 Å². The molecule has 0 aliphatic carbocycles. The third-order valence-electron chi connectivity index (χ3n) is 2.72. The smallest absolute Gasteiger partial charge is 0.255 e. The van der Waals surface area contributed by atoms with Crippen molar-refractivity contribution in [3.05, 3.63) is 56.8 Å². The standard InChI is InChI=1S/C14H10BrClFNO2/c1-7-2-3-8(4-12(7)19)14(20)18-13-10(15)5-9(17)6-11(13)16/h2-6,19H,1H3,(H,18,20). The zero-order valence-electron chi connectivity index (χ0n) is 10.4. The van der Waals surface area contributed by atoms with Crippen molar-refractivity contribution in [1.82, 2.24) is 0 Å². The van der Waals surface area contributed by atoms with Crippen molar-refractivity contribution in [1.29, 1.82) is 0 Å². The van der Waals surface area contributed by atoms with E-state index < -0.39 is 11.7 Å². The van der Waals surface area contributed by atoms with E-state index in [1.807, 2.05) is 0 Å². The van der Waals surface area contributed by atoms with E-state index in [1.54, 1.807) is 19.1 Å². The van der Waals surface area contributed by atoms with E-state index in [1.165, 1.54) is 12.1 Å². The maximum Gasteiger partial charge on any atom is 0.255 e. The Morgan fingerprint density at radius 2 is 2.05 bits per heavy atom. The number of hydrogen-bond donors (Lipinski definition) is 2. The summed E-state index contributed by atoms with van der Waals surface area (Å²) in [4.78, 5) is 12.1. The molecule has 6 heteroatoms. The fourth-order valence-electron chi connectivity index (χ4n) is 1.60. The number of phenolic OH excluding ortho intramolecular Hbond substituents is 1. The van der Waals surface area contributed by atoms with Gasteiger partial charge >= 0.3 is 0 Å². The molecule has 2 aromatic carbocycles. The average Bonchev–Trinajstić information content (AvgIpc) is 2.36. The first kappa shape index (κ1) is 14.8. The van der Waals surface area contributed by atoms with Crippen LogP contribution >= 0.6 is 27.5 Å². The minimum Gasteiger partial charge on any atom is -0.508 e. The third-order valence-corrected chi connectivity index (χ3v) is 3.64. The summed E-state index contributed by atoms with van der Waals surface area (Å²) in [6.07, 6.45) is 0. The Hall–Kier alpha value is -1.59. The summed E-state index contributed by atoms with van der Waals surface area (Å²) >= 11 is 9.03. The van der Waals surface area contributed by atoms with Crippen LogP contribution in [0.3, 0.4) is 0 Å². The molecule has 0 aliphatic heterocycles. The van der Waals surface area contributed by atoms with Crippen LogP contribution in [-0.4, -0.2) is 11.0 Å². The van der Waals surface area contributed by atoms with Gasteiger partial charge in [0, 0.05) is 10.0 Å². The summed E-state index contributed by atoms with van der Waals surface area (Å²) in [5.74, 6) is -0.927. The molecule has 2 rings (SSSR count). The summed E-state index contributed by atoms with van der Waals surface area (Å²) in [6, 6.07) is 6.87. The number of carbonyl (C=O) groups excluding carboxylic acids is 1. The molecule has 0 radical (unpaired) electrons. The van der Waals surface area contributed by atoms with E-state index in [2.05, 4.69) is 21.2 Å². The molecule has 2 N–H and O–H groups in total. The van der Waals surface area contributed by atoms with Gasteiger partial charge in [-0.05, 0) is 52.7 Å². The van der Waals surface area contributed by atoms with Gasteiger partial charge in [0.1, 0.15) is 11.6 Å². The third kappa shape index (κ3) is 3.11. The van der Waals surface area contributed by atoms with Crippen molar-refractivity contribution in [2.45, 2.75) is 6.92 Å². The summed E-state index contributed by atoms with van der Waals surface area (Å²) in [5.41, 5.74) is 1.22. The van der Waals surface area contributed by atoms with Gasteiger partial charge in [0.2, 0.25) is 0 Å². The summed E-state index contributed by atoms with van der Waals surface area (Å²) in [5, 5.41) is 12.3. The topological polar surface area (TPSA) is 49.3 Å². The molecule has 0 aliphatic rings. The molecular formula is C14H10BrClFNO2. The number of halogens is 3. The summed E-state index contributed by atoms with van der Waals surface area (Å²) in [6.45, 7) is 1.73. The number of anilines is 1. The second-order valence-electron chi connectivity index (χ2n) is 4.20. The van der Waals surface area contributed by atoms with Gasteiger partial charge in [0.25, 0.3) is 5.91 Å². The lowest BCUT2D eigenvalue weighted by Crippen LogP contribution is -2.12. The normalized spacial score (nSPS) is 10.4. The second kappa shape index (κ2) is 5.81. The van der Waals surface area contributed by atoms with E-state index in [9.17, 15) is 14.3 Å². The molecule has 0 saturated carbocycles. The molecular weight excluding hydrogens is 349 g/mol. The van der Waals surface area contributed by atoms with Crippen molar-refractivity contribution in [3.8, 4) is 5.75 Å². The number of rotatable bonds is 2. The van der Waals surface area contributed by atoms with Gasteiger partial charge in [-0.2, -0.15) is 0 Å². The molecule has 0 bridgehead atoms. The monoisotopic (exact) mass is 357 g/mol. The summed E-state index contributed by atoms with van der Waals surface area (Å²) < 4.78 is 13.4. The van der Waals surface area contributed by atoms with Crippen LogP contribution in [0.2, 0.25) is 5.02 Å². The maximum absolute atomic E-state index is 13.1. The minimum absolute atomic E-state index is 0.0296. The first-order chi connectivity index (χ1) is 9.38. The average molecular weight is 359 g/mol. The predicted octanol–water partition coefficient (Wildman–Crippen LogP) is 4.51. The van der Waals surface area contributed by atoms with Crippen LogP contribution < -0.4 is 5.32 Å². The van der Waals surface area contributed by atoms with Crippen LogP contribution in [0.5, 0.6) is 5.75 Å². The van der Waals surface area contributed by atoms with Crippen LogP contribution in [0.1, 0.15) is 15.9 Å². The lowest BCUT2D eigenvalue weighted by Gasteiger charge is -2.10. The Morgan fingerprint density at radius 1 is 1.35 bits per heavy atom. The van der Waals surface area contributed by atoms with Gasteiger partial charge in [-0.25, -0.2) is 4.39 Å². The van der Waals surface area contributed by atoms with Crippen molar-refractivity contribution < 1.29 is 14.3 Å². The number of carbonyl (C=O) groups is 1. The van der Waals surface area contributed by atoms with Crippen LogP contribution in [-0.2, 0) is 0 Å². The number of hydrogen-bond acceptors (Lipinski definition) is 2. The highest BCUT2D eigenvalue weighted by Gasteiger charge is 2.13. The Kier molecular flexibility index (Phi) is 4.30. The Balaban J connectivity index is 2.30. The molecule has 0 spiro atoms. The van der Waals surface area contributed by atoms with E-state index in [-0.39, 0.29) is 22.0 Å². The molecule has 1 amide bonds. The van der Waals surface area contributed by atoms with Crippen LogP contribution in [0.25, 0.3) is 0 Å². The van der Waals surface area contributed by atoms with Crippen LogP contribution in [0, 0.1) is 12.7 Å². The predicted molar refractivity (Wildman–Crippen MR) is 79.9 cm³/mol. The molecule has 104 valence electrons. The van der Waals surface area contributed by atoms with E-state index in [0.717, 1.165) is 6.07 Å². The van der Waals surface area contributed by atoms with E-state index in [0.29, 0.717) is 10.0 Å². The van der Waals surface area contributed by atoms with E-state index >= 15 is 0 Å². The fourth-order valence-corrected chi connectivity index (χ4v) is 2.50. The van der Waals surface area contributed by atoms with Gasteiger partial charge in [-0.1, -0.05) is 17.7 Å². The van der Waals surface area contributed by atoms with Crippen LogP contribution in [0.15, 0.2) is 34.8 Å². The van der Waals surface area contributed by atoms with Gasteiger partial charge in [0.15, 0.2) is 0 Å². The van der Waals surface area contributed by atoms with Gasteiger partial charge in [0.05, 0.1) is 10.7 Å². The molecule has 0 saturated heterocycles. The zero-order valence-corrected chi connectivity index (χ0v) is 12.7. The highest BCUT2D eigenvalue weighted by Crippen LogP contribution is 2.32. The number of aromatic hydroxyl groups is 1. The fraction of sp³-hybridized carbons (Fsp3) is 0.0714. The molecule has 0 fully saturated rings. The molecule has 0 heterocycles. The van der Waals surface area contributed by atoms with Gasteiger partial charge in [-0.3, -0.25) is 4.79 Å². The Morgan fingerprint density at radius 3 is 2.65 bits per heavy atom. The second-order valence-corrected chi connectivity index (χ2v) is 5.46. The zero-order chi connectivity index (χ0) is 14.9. The molecule has 0 unspecified atom stereocenters. The Labute approximate surface area is 128 Å². The van der Waals surface area contributed by atoms with Crippen molar-refractivity contribution in [3.63, 3.8) is 0 Å². The highest BCUT2D eigenvalue weighted by molar-refractivity contribution is 9.10. The maximum atomic E-state index is 13.1. The minimum atomic E-state index is -0.507. The molecule has 2 aromatic rings. The number of nitrogens with one attached hydrogen (secondary N) is 1. The first-order valence-corrected chi connectivity index (χ1v) is 6.81. The number of benzene rings is 2. The molecule has 0 aromatic heterocycles. The lowest BCUT2D eigenvalue weighted by molar-refractivity contribution is 0.102. The van der Waals surface area contributed by atoms with Crippen molar-refractivity contribution in [2.75, 3.05) is 5.32 Å². The number of phenols is 1. The van der Waals surface area contributed by atoms with Crippen molar-refractivity contribution in [2.24, 2.45) is 0 Å². The summed E-state index contributed by atoms with van der Waals surface area (Å²) in [7, 11) is 0.